The minimum Gasteiger partial charge on any atom is -0.229 e. The summed E-state index contributed by atoms with van der Waals surface area (Å²) in [6.07, 6.45) is 2.37. The average Bonchev–Trinajstić information content (AvgIpc) is 2.08. The summed E-state index contributed by atoms with van der Waals surface area (Å²) in [7, 11) is -6.73. The molecule has 0 heterocycles. The molecule has 0 aromatic heterocycles. The minimum atomic E-state index is -3.48. The molecule has 1 N–H and O–H groups in total. The number of rotatable bonds is 8. The van der Waals surface area contributed by atoms with E-state index in [1.54, 1.807) is 0 Å². The normalized spacial score (nSPS) is 14.9. The van der Waals surface area contributed by atoms with Crippen LogP contribution in [-0.4, -0.2) is 46.5 Å². The van der Waals surface area contributed by atoms with Crippen LogP contribution in [0.4, 0.5) is 0 Å². The predicted octanol–water partition coefficient (Wildman–Crippen LogP) is 0.358. The Morgan fingerprint density at radius 3 is 2.19 bits per heavy atom. The third kappa shape index (κ3) is 10.7. The van der Waals surface area contributed by atoms with Gasteiger partial charge in [0.15, 0.2) is 0 Å². The molecule has 0 fully saturated rings. The van der Waals surface area contributed by atoms with Crippen molar-refractivity contribution < 1.29 is 16.8 Å². The van der Waals surface area contributed by atoms with Crippen molar-refractivity contribution in [1.82, 2.24) is 4.72 Å². The summed E-state index contributed by atoms with van der Waals surface area (Å²) in [6, 6.07) is 0. The molecule has 0 aliphatic heterocycles. The third-order valence-electron chi connectivity index (χ3n) is 1.82. The highest BCUT2D eigenvalue weighted by atomic mass is 35.5. The molecule has 8 heteroatoms. The van der Waals surface area contributed by atoms with Gasteiger partial charge in [0.05, 0.1) is 11.5 Å². The maximum atomic E-state index is 11.3. The topological polar surface area (TPSA) is 80.3 Å². The van der Waals surface area contributed by atoms with Gasteiger partial charge in [-0.1, -0.05) is 0 Å². The number of alkyl halides is 1. The van der Waals surface area contributed by atoms with Crippen LogP contribution in [0.3, 0.4) is 0 Å². The summed E-state index contributed by atoms with van der Waals surface area (Å²) in [5, 5.41) is 0.0144. The molecule has 0 aliphatic carbocycles. The Balaban J connectivity index is 3.89. The second-order valence-corrected chi connectivity index (χ2v) is 8.70. The van der Waals surface area contributed by atoms with Crippen LogP contribution >= 0.6 is 11.6 Å². The molecule has 0 radical (unpaired) electrons. The van der Waals surface area contributed by atoms with Crippen molar-refractivity contribution >= 4 is 31.5 Å². The molecule has 0 saturated heterocycles. The van der Waals surface area contributed by atoms with Crippen LogP contribution in [-0.2, 0) is 19.9 Å². The molecule has 98 valence electrons. The number of sulfone groups is 1. The lowest BCUT2D eigenvalue weighted by atomic mass is 10.2. The fraction of sp³-hybridized carbons (Fsp3) is 1.00. The van der Waals surface area contributed by atoms with Gasteiger partial charge >= 0.3 is 0 Å². The van der Waals surface area contributed by atoms with E-state index in [9.17, 15) is 16.8 Å². The number of hydrogen-bond acceptors (Lipinski definition) is 4. The predicted molar refractivity (Wildman–Crippen MR) is 66.0 cm³/mol. The summed E-state index contributed by atoms with van der Waals surface area (Å²) in [5.41, 5.74) is 0. The van der Waals surface area contributed by atoms with E-state index in [2.05, 4.69) is 4.72 Å². The second-order valence-electron chi connectivity index (χ2n) is 3.77. The molecule has 0 rings (SSSR count). The fourth-order valence-corrected chi connectivity index (χ4v) is 3.79. The van der Waals surface area contributed by atoms with E-state index in [1.165, 1.54) is 0 Å². The molecule has 0 aromatic carbocycles. The van der Waals surface area contributed by atoms with Crippen molar-refractivity contribution in [2.24, 2.45) is 0 Å². The summed E-state index contributed by atoms with van der Waals surface area (Å²) in [6.45, 7) is 2.13. The number of nitrogens with one attached hydrogen (secondary N) is 1. The SMILES string of the molecule is CC(Cl)CCCNS(=O)(=O)CCS(C)(=O)=O. The van der Waals surface area contributed by atoms with Crippen molar-refractivity contribution in [3.63, 3.8) is 0 Å². The zero-order valence-corrected chi connectivity index (χ0v) is 11.8. The Labute approximate surface area is 103 Å². The van der Waals surface area contributed by atoms with Crippen LogP contribution < -0.4 is 4.72 Å². The lowest BCUT2D eigenvalue weighted by Crippen LogP contribution is -2.30. The Morgan fingerprint density at radius 2 is 1.75 bits per heavy atom. The van der Waals surface area contributed by atoms with Crippen LogP contribution in [0.15, 0.2) is 0 Å². The first-order valence-electron chi connectivity index (χ1n) is 4.91. The van der Waals surface area contributed by atoms with Crippen molar-refractivity contribution in [1.29, 1.82) is 0 Å². The molecule has 1 unspecified atom stereocenters. The summed E-state index contributed by atoms with van der Waals surface area (Å²) >= 11 is 5.69. The van der Waals surface area contributed by atoms with Gasteiger partial charge in [-0.15, -0.1) is 11.6 Å². The van der Waals surface area contributed by atoms with Crippen molar-refractivity contribution in [3.05, 3.63) is 0 Å². The Hall–Kier alpha value is 0.150. The van der Waals surface area contributed by atoms with Crippen LogP contribution in [0.5, 0.6) is 0 Å². The highest BCUT2D eigenvalue weighted by Gasteiger charge is 2.13. The smallest absolute Gasteiger partial charge is 0.212 e. The number of halogens is 1. The maximum absolute atomic E-state index is 11.3. The summed E-state index contributed by atoms with van der Waals surface area (Å²) in [5.74, 6) is -0.740. The minimum absolute atomic E-state index is 0.0144. The van der Waals surface area contributed by atoms with E-state index in [0.717, 1.165) is 12.7 Å². The average molecular weight is 292 g/mol. The van der Waals surface area contributed by atoms with Crippen LogP contribution in [0.25, 0.3) is 0 Å². The van der Waals surface area contributed by atoms with Gasteiger partial charge in [-0.2, -0.15) is 0 Å². The monoisotopic (exact) mass is 291 g/mol. The molecule has 0 aliphatic rings. The van der Waals surface area contributed by atoms with Gasteiger partial charge in [0, 0.05) is 18.2 Å². The van der Waals surface area contributed by atoms with Crippen LogP contribution in [0, 0.1) is 0 Å². The van der Waals surface area contributed by atoms with Crippen molar-refractivity contribution in [3.8, 4) is 0 Å². The molecular weight excluding hydrogens is 274 g/mol. The highest BCUT2D eigenvalue weighted by molar-refractivity contribution is 7.93. The second kappa shape index (κ2) is 6.78. The van der Waals surface area contributed by atoms with Crippen molar-refractivity contribution in [2.45, 2.75) is 25.1 Å². The quantitative estimate of drug-likeness (QED) is 0.517. The van der Waals surface area contributed by atoms with Crippen LogP contribution in [0.1, 0.15) is 19.8 Å². The van der Waals surface area contributed by atoms with Gasteiger partial charge in [0.1, 0.15) is 9.84 Å². The first-order chi connectivity index (χ1) is 7.12. The largest absolute Gasteiger partial charge is 0.229 e. The number of hydrogen-bond donors (Lipinski definition) is 1. The van der Waals surface area contributed by atoms with E-state index in [-0.39, 0.29) is 16.9 Å². The van der Waals surface area contributed by atoms with E-state index >= 15 is 0 Å². The molecule has 5 nitrogen and oxygen atoms in total. The molecule has 0 saturated carbocycles. The van der Waals surface area contributed by atoms with Gasteiger partial charge in [0.25, 0.3) is 0 Å². The molecular formula is C8H18ClNO4S2. The molecule has 0 amide bonds. The molecule has 0 bridgehead atoms. The lowest BCUT2D eigenvalue weighted by molar-refractivity contribution is 0.574. The molecule has 16 heavy (non-hydrogen) atoms. The maximum Gasteiger partial charge on any atom is 0.212 e. The number of sulfonamides is 1. The molecule has 0 spiro atoms. The van der Waals surface area contributed by atoms with E-state index < -0.39 is 19.9 Å². The van der Waals surface area contributed by atoms with E-state index in [4.69, 9.17) is 11.6 Å². The van der Waals surface area contributed by atoms with Gasteiger partial charge in [0.2, 0.25) is 10.0 Å². The van der Waals surface area contributed by atoms with Gasteiger partial charge < -0.3 is 0 Å². The zero-order chi connectivity index (χ0) is 12.8. The van der Waals surface area contributed by atoms with Gasteiger partial charge in [-0.3, -0.25) is 0 Å². The van der Waals surface area contributed by atoms with Crippen LogP contribution in [0.2, 0.25) is 0 Å². The van der Waals surface area contributed by atoms with E-state index in [1.807, 2.05) is 6.92 Å². The van der Waals surface area contributed by atoms with Gasteiger partial charge in [-0.25, -0.2) is 21.6 Å². The Bertz CT molecular complexity index is 388. The standard InChI is InChI=1S/C8H18ClNO4S2/c1-8(9)4-3-5-10-16(13,14)7-6-15(2,11)12/h8,10H,3-7H2,1-2H3. The molecule has 0 aromatic rings. The van der Waals surface area contributed by atoms with E-state index in [0.29, 0.717) is 13.0 Å². The van der Waals surface area contributed by atoms with Crippen molar-refractivity contribution in [2.75, 3.05) is 24.3 Å². The summed E-state index contributed by atoms with van der Waals surface area (Å²) < 4.78 is 46.5. The first kappa shape index (κ1) is 16.1. The zero-order valence-electron chi connectivity index (χ0n) is 9.44. The highest BCUT2D eigenvalue weighted by Crippen LogP contribution is 2.02. The lowest BCUT2D eigenvalue weighted by Gasteiger charge is -2.06. The fourth-order valence-electron chi connectivity index (χ4n) is 0.944. The Morgan fingerprint density at radius 1 is 1.19 bits per heavy atom. The molecule has 1 atom stereocenters. The third-order valence-corrected chi connectivity index (χ3v) is 4.63. The first-order valence-corrected chi connectivity index (χ1v) is 9.06. The summed E-state index contributed by atoms with van der Waals surface area (Å²) in [4.78, 5) is 0. The van der Waals surface area contributed by atoms with Gasteiger partial charge in [-0.05, 0) is 19.8 Å². The Kier molecular flexibility index (Phi) is 6.84.